The third-order valence-corrected chi connectivity index (χ3v) is 5.55. The number of hydrogen-bond donors (Lipinski definition) is 0. The van der Waals surface area contributed by atoms with E-state index >= 15 is 0 Å². The van der Waals surface area contributed by atoms with E-state index in [-0.39, 0.29) is 0 Å². The lowest BCUT2D eigenvalue weighted by Gasteiger charge is -2.10. The standard InChI is InChI=1S/C22H21N3OS/c1-16-3-5-17(6-4-16)14-25-21-13-23-12-11-20(21)24-22(25)27-15-18-7-9-19(26-2)10-8-18/h3-13H,14-15H2,1-2H3. The maximum absolute atomic E-state index is 5.24. The summed E-state index contributed by atoms with van der Waals surface area (Å²) < 4.78 is 7.49. The zero-order chi connectivity index (χ0) is 18.6. The van der Waals surface area contributed by atoms with Crippen molar-refractivity contribution in [3.05, 3.63) is 83.7 Å². The highest BCUT2D eigenvalue weighted by molar-refractivity contribution is 7.98. The van der Waals surface area contributed by atoms with Crippen LogP contribution in [0.3, 0.4) is 0 Å². The first-order valence-electron chi connectivity index (χ1n) is 8.84. The van der Waals surface area contributed by atoms with Gasteiger partial charge in [0.1, 0.15) is 5.75 Å². The van der Waals surface area contributed by atoms with Gasteiger partial charge < -0.3 is 9.30 Å². The van der Waals surface area contributed by atoms with Crippen molar-refractivity contribution in [2.75, 3.05) is 7.11 Å². The summed E-state index contributed by atoms with van der Waals surface area (Å²) in [5, 5.41) is 1.01. The lowest BCUT2D eigenvalue weighted by atomic mass is 10.1. The number of aryl methyl sites for hydroxylation is 1. The fraction of sp³-hybridized carbons (Fsp3) is 0.182. The van der Waals surface area contributed by atoms with Gasteiger partial charge in [-0.05, 0) is 36.2 Å². The first kappa shape index (κ1) is 17.6. The summed E-state index contributed by atoms with van der Waals surface area (Å²) in [6.45, 7) is 2.89. The average Bonchev–Trinajstić information content (AvgIpc) is 3.06. The number of thioether (sulfide) groups is 1. The molecule has 0 amide bonds. The van der Waals surface area contributed by atoms with Crippen LogP contribution >= 0.6 is 11.8 Å². The van der Waals surface area contributed by atoms with Crippen molar-refractivity contribution in [2.45, 2.75) is 24.4 Å². The number of benzene rings is 2. The minimum Gasteiger partial charge on any atom is -0.497 e. The van der Waals surface area contributed by atoms with Crippen molar-refractivity contribution in [1.29, 1.82) is 0 Å². The van der Waals surface area contributed by atoms with Gasteiger partial charge in [0.2, 0.25) is 0 Å². The Labute approximate surface area is 163 Å². The molecule has 0 N–H and O–H groups in total. The van der Waals surface area contributed by atoms with E-state index in [0.29, 0.717) is 0 Å². The number of rotatable bonds is 6. The first-order valence-corrected chi connectivity index (χ1v) is 9.83. The predicted octanol–water partition coefficient (Wildman–Crippen LogP) is 5.09. The molecule has 0 saturated heterocycles. The van der Waals surface area contributed by atoms with Crippen LogP contribution in [0.5, 0.6) is 5.75 Å². The van der Waals surface area contributed by atoms with E-state index in [4.69, 9.17) is 9.72 Å². The van der Waals surface area contributed by atoms with E-state index in [1.165, 1.54) is 16.7 Å². The molecule has 5 heteroatoms. The highest BCUT2D eigenvalue weighted by Gasteiger charge is 2.12. The van der Waals surface area contributed by atoms with Gasteiger partial charge in [-0.1, -0.05) is 53.7 Å². The lowest BCUT2D eigenvalue weighted by Crippen LogP contribution is -2.02. The van der Waals surface area contributed by atoms with E-state index in [2.05, 4.69) is 52.9 Å². The Bertz CT molecular complexity index is 1040. The van der Waals surface area contributed by atoms with Crippen LogP contribution in [-0.4, -0.2) is 21.6 Å². The zero-order valence-corrected chi connectivity index (χ0v) is 16.2. The van der Waals surface area contributed by atoms with E-state index < -0.39 is 0 Å². The van der Waals surface area contributed by atoms with Gasteiger partial charge in [0, 0.05) is 11.9 Å². The van der Waals surface area contributed by atoms with Crippen molar-refractivity contribution in [2.24, 2.45) is 0 Å². The van der Waals surface area contributed by atoms with Crippen molar-refractivity contribution >= 4 is 22.8 Å². The van der Waals surface area contributed by atoms with Crippen LogP contribution in [0.15, 0.2) is 72.1 Å². The molecule has 0 aliphatic rings. The highest BCUT2D eigenvalue weighted by atomic mass is 32.2. The smallest absolute Gasteiger partial charge is 0.169 e. The molecule has 4 rings (SSSR count). The molecule has 0 bridgehead atoms. The van der Waals surface area contributed by atoms with Crippen molar-refractivity contribution in [1.82, 2.24) is 14.5 Å². The molecule has 0 fully saturated rings. The van der Waals surface area contributed by atoms with E-state index in [1.54, 1.807) is 25.1 Å². The predicted molar refractivity (Wildman–Crippen MR) is 110 cm³/mol. The number of methoxy groups -OCH3 is 1. The summed E-state index contributed by atoms with van der Waals surface area (Å²) in [4.78, 5) is 9.13. The van der Waals surface area contributed by atoms with E-state index in [1.807, 2.05) is 24.4 Å². The summed E-state index contributed by atoms with van der Waals surface area (Å²) in [7, 11) is 1.69. The van der Waals surface area contributed by atoms with Crippen molar-refractivity contribution < 1.29 is 4.74 Å². The fourth-order valence-corrected chi connectivity index (χ4v) is 3.93. The lowest BCUT2D eigenvalue weighted by molar-refractivity contribution is 0.414. The highest BCUT2D eigenvalue weighted by Crippen LogP contribution is 2.28. The second-order valence-electron chi connectivity index (χ2n) is 6.47. The fourth-order valence-electron chi connectivity index (χ4n) is 2.96. The molecule has 0 unspecified atom stereocenters. The summed E-state index contributed by atoms with van der Waals surface area (Å²) >= 11 is 1.74. The SMILES string of the molecule is COc1ccc(CSc2nc3ccncc3n2Cc2ccc(C)cc2)cc1. The molecule has 27 heavy (non-hydrogen) atoms. The molecule has 0 spiro atoms. The molecule has 136 valence electrons. The van der Waals surface area contributed by atoms with Crippen LogP contribution in [0, 0.1) is 6.92 Å². The summed E-state index contributed by atoms with van der Waals surface area (Å²) in [6, 6.07) is 18.8. The summed E-state index contributed by atoms with van der Waals surface area (Å²) in [5.41, 5.74) is 5.82. The van der Waals surface area contributed by atoms with Crippen molar-refractivity contribution in [3.8, 4) is 5.75 Å². The Hall–Kier alpha value is -2.79. The van der Waals surface area contributed by atoms with E-state index in [0.717, 1.165) is 34.2 Å². The van der Waals surface area contributed by atoms with Crippen LogP contribution < -0.4 is 4.74 Å². The van der Waals surface area contributed by atoms with Gasteiger partial charge in [0.05, 0.1) is 30.9 Å². The van der Waals surface area contributed by atoms with Gasteiger partial charge in [-0.2, -0.15) is 0 Å². The maximum Gasteiger partial charge on any atom is 0.169 e. The molecule has 0 saturated carbocycles. The van der Waals surface area contributed by atoms with Crippen LogP contribution in [0.1, 0.15) is 16.7 Å². The number of nitrogens with zero attached hydrogens (tertiary/aromatic N) is 3. The molecule has 0 aliphatic heterocycles. The Balaban J connectivity index is 1.61. The van der Waals surface area contributed by atoms with Gasteiger partial charge in [-0.3, -0.25) is 4.98 Å². The molecule has 4 nitrogen and oxygen atoms in total. The van der Waals surface area contributed by atoms with Gasteiger partial charge in [0.25, 0.3) is 0 Å². The largest absolute Gasteiger partial charge is 0.497 e. The number of ether oxygens (including phenoxy) is 1. The quantitative estimate of drug-likeness (QED) is 0.440. The van der Waals surface area contributed by atoms with E-state index in [9.17, 15) is 0 Å². The number of pyridine rings is 1. The number of imidazole rings is 1. The van der Waals surface area contributed by atoms with Crippen LogP contribution in [0.2, 0.25) is 0 Å². The molecule has 0 aliphatic carbocycles. The van der Waals surface area contributed by atoms with Crippen LogP contribution in [-0.2, 0) is 12.3 Å². The average molecular weight is 375 g/mol. The topological polar surface area (TPSA) is 39.9 Å². The monoisotopic (exact) mass is 375 g/mol. The van der Waals surface area contributed by atoms with Gasteiger partial charge >= 0.3 is 0 Å². The molecule has 0 radical (unpaired) electrons. The number of aromatic nitrogens is 3. The van der Waals surface area contributed by atoms with Crippen molar-refractivity contribution in [3.63, 3.8) is 0 Å². The zero-order valence-electron chi connectivity index (χ0n) is 15.4. The Morgan fingerprint density at radius 2 is 1.70 bits per heavy atom. The molecule has 2 heterocycles. The minimum atomic E-state index is 0.785. The van der Waals surface area contributed by atoms with Gasteiger partial charge in [-0.15, -0.1) is 0 Å². The molecule has 2 aromatic carbocycles. The normalized spacial score (nSPS) is 11.0. The molecule has 0 atom stereocenters. The summed E-state index contributed by atoms with van der Waals surface area (Å²) in [6.07, 6.45) is 3.69. The Kier molecular flexibility index (Phi) is 5.12. The van der Waals surface area contributed by atoms with Crippen LogP contribution in [0.25, 0.3) is 11.0 Å². The third kappa shape index (κ3) is 3.98. The Morgan fingerprint density at radius 1 is 0.963 bits per heavy atom. The number of hydrogen-bond acceptors (Lipinski definition) is 4. The second kappa shape index (κ2) is 7.84. The minimum absolute atomic E-state index is 0.785. The molecular formula is C22H21N3OS. The molecular weight excluding hydrogens is 354 g/mol. The number of fused-ring (bicyclic) bond motifs is 1. The Morgan fingerprint density at radius 3 is 2.44 bits per heavy atom. The first-order chi connectivity index (χ1) is 13.2. The van der Waals surface area contributed by atoms with Gasteiger partial charge in [-0.25, -0.2) is 4.98 Å². The molecule has 4 aromatic rings. The second-order valence-corrected chi connectivity index (χ2v) is 7.41. The van der Waals surface area contributed by atoms with Gasteiger partial charge in [0.15, 0.2) is 5.16 Å². The van der Waals surface area contributed by atoms with Crippen LogP contribution in [0.4, 0.5) is 0 Å². The maximum atomic E-state index is 5.24. The summed E-state index contributed by atoms with van der Waals surface area (Å²) in [5.74, 6) is 1.73. The molecule has 2 aromatic heterocycles. The third-order valence-electron chi connectivity index (χ3n) is 4.50.